The second kappa shape index (κ2) is 8.40. The minimum atomic E-state index is -0.112. The summed E-state index contributed by atoms with van der Waals surface area (Å²) >= 11 is 5.03. The molecule has 0 saturated carbocycles. The van der Waals surface area contributed by atoms with Crippen molar-refractivity contribution >= 4 is 56.2 Å². The van der Waals surface area contributed by atoms with Crippen LogP contribution in [0.5, 0.6) is 0 Å². The van der Waals surface area contributed by atoms with Crippen molar-refractivity contribution in [3.05, 3.63) is 80.5 Å². The average Bonchev–Trinajstić information content (AvgIpc) is 3.17. The van der Waals surface area contributed by atoms with Crippen molar-refractivity contribution in [3.63, 3.8) is 0 Å². The molecular weight excluding hydrogens is 474 g/mol. The van der Waals surface area contributed by atoms with Gasteiger partial charge in [0, 0.05) is 13.1 Å². The van der Waals surface area contributed by atoms with E-state index in [1.54, 1.807) is 16.2 Å². The molecule has 31 heavy (non-hydrogen) atoms. The topological polar surface area (TPSA) is 53.0 Å². The highest BCUT2D eigenvalue weighted by Crippen LogP contribution is 2.34. The summed E-state index contributed by atoms with van der Waals surface area (Å²) in [4.78, 5) is 35.6. The van der Waals surface area contributed by atoms with E-state index in [9.17, 15) is 9.59 Å². The lowest BCUT2D eigenvalue weighted by Gasteiger charge is -2.31. The number of aliphatic imine (C=N–C) groups is 1. The van der Waals surface area contributed by atoms with Crippen LogP contribution in [-0.2, 0) is 22.6 Å². The number of hydrogen-bond acceptors (Lipinski definition) is 4. The maximum absolute atomic E-state index is 13.3. The Morgan fingerprint density at radius 3 is 2.61 bits per heavy atom. The van der Waals surface area contributed by atoms with Gasteiger partial charge in [-0.05, 0) is 57.7 Å². The van der Waals surface area contributed by atoms with E-state index in [2.05, 4.69) is 28.1 Å². The fourth-order valence-corrected chi connectivity index (χ4v) is 5.45. The van der Waals surface area contributed by atoms with Crippen molar-refractivity contribution in [1.29, 1.82) is 0 Å². The molecule has 2 amide bonds. The number of thiophene rings is 1. The van der Waals surface area contributed by atoms with Crippen molar-refractivity contribution in [1.82, 2.24) is 4.90 Å². The van der Waals surface area contributed by atoms with Crippen LogP contribution in [0.2, 0.25) is 0 Å². The maximum Gasteiger partial charge on any atom is 0.242 e. The summed E-state index contributed by atoms with van der Waals surface area (Å²) < 4.78 is 0.993. The van der Waals surface area contributed by atoms with Crippen LogP contribution in [0.4, 0.5) is 11.4 Å². The fourth-order valence-electron chi connectivity index (χ4n) is 4.07. The zero-order valence-electron chi connectivity index (χ0n) is 16.8. The molecule has 156 valence electrons. The number of carbonyl (C=O) groups is 2. The fraction of sp³-hybridized carbons (Fsp3) is 0.208. The third kappa shape index (κ3) is 4.07. The van der Waals surface area contributed by atoms with Crippen LogP contribution in [0.1, 0.15) is 22.4 Å². The minimum absolute atomic E-state index is 0.0228. The van der Waals surface area contributed by atoms with Crippen LogP contribution in [0.25, 0.3) is 0 Å². The zero-order valence-corrected chi connectivity index (χ0v) is 19.2. The number of fused-ring (bicyclic) bond motifs is 2. The smallest absolute Gasteiger partial charge is 0.242 e. The summed E-state index contributed by atoms with van der Waals surface area (Å²) in [6, 6.07) is 19.7. The molecule has 3 heterocycles. The third-order valence-electron chi connectivity index (χ3n) is 5.68. The third-order valence-corrected chi connectivity index (χ3v) is 7.35. The first-order valence-electron chi connectivity index (χ1n) is 10.2. The lowest BCUT2D eigenvalue weighted by Crippen LogP contribution is -2.45. The van der Waals surface area contributed by atoms with Crippen molar-refractivity contribution in [2.24, 2.45) is 4.99 Å². The predicted molar refractivity (Wildman–Crippen MR) is 127 cm³/mol. The number of amides is 2. The van der Waals surface area contributed by atoms with E-state index < -0.39 is 0 Å². The van der Waals surface area contributed by atoms with Crippen LogP contribution < -0.4 is 4.90 Å². The molecule has 0 fully saturated rings. The lowest BCUT2D eigenvalue weighted by atomic mass is 10.00. The van der Waals surface area contributed by atoms with Gasteiger partial charge < -0.3 is 9.80 Å². The van der Waals surface area contributed by atoms with E-state index in [-0.39, 0.29) is 24.8 Å². The first-order chi connectivity index (χ1) is 15.1. The van der Waals surface area contributed by atoms with Gasteiger partial charge in [0.15, 0.2) is 0 Å². The van der Waals surface area contributed by atoms with Gasteiger partial charge in [-0.3, -0.25) is 9.59 Å². The number of rotatable bonds is 3. The molecule has 1 aromatic heterocycles. The molecule has 0 saturated heterocycles. The van der Waals surface area contributed by atoms with Gasteiger partial charge in [-0.15, -0.1) is 11.3 Å². The molecule has 2 aliphatic rings. The molecule has 7 heteroatoms. The number of benzene rings is 2. The highest BCUT2D eigenvalue weighted by atomic mass is 79.9. The summed E-state index contributed by atoms with van der Waals surface area (Å²) in [5.74, 6) is -0.154. The Bertz CT molecular complexity index is 1200. The lowest BCUT2D eigenvalue weighted by molar-refractivity contribution is -0.132. The first-order valence-corrected chi connectivity index (χ1v) is 11.8. The number of carbonyl (C=O) groups excluding carboxylic acids is 2. The van der Waals surface area contributed by atoms with Crippen LogP contribution in [-0.4, -0.2) is 35.5 Å². The Balaban J connectivity index is 1.40. The summed E-state index contributed by atoms with van der Waals surface area (Å²) in [6.07, 6.45) is 1.00. The Hall–Kier alpha value is -2.77. The highest BCUT2D eigenvalue weighted by molar-refractivity contribution is 9.11. The average molecular weight is 494 g/mol. The number of anilines is 1. The van der Waals surface area contributed by atoms with Gasteiger partial charge in [-0.25, -0.2) is 4.99 Å². The second-order valence-electron chi connectivity index (χ2n) is 7.64. The Morgan fingerprint density at radius 1 is 1.03 bits per heavy atom. The van der Waals surface area contributed by atoms with Gasteiger partial charge in [-0.2, -0.15) is 0 Å². The molecule has 0 aliphatic carbocycles. The number of halogens is 1. The van der Waals surface area contributed by atoms with E-state index >= 15 is 0 Å². The SMILES string of the molecule is O=C(CN1C(=O)CC(c2ccc(Br)s2)=Nc2ccccc21)N1CCc2ccccc2C1. The van der Waals surface area contributed by atoms with Gasteiger partial charge >= 0.3 is 0 Å². The maximum atomic E-state index is 13.3. The van der Waals surface area contributed by atoms with Crippen molar-refractivity contribution in [3.8, 4) is 0 Å². The van der Waals surface area contributed by atoms with Crippen LogP contribution in [0.15, 0.2) is 69.4 Å². The van der Waals surface area contributed by atoms with Gasteiger partial charge in [0.25, 0.3) is 0 Å². The number of para-hydroxylation sites is 2. The quantitative estimate of drug-likeness (QED) is 0.517. The molecule has 5 rings (SSSR count). The van der Waals surface area contributed by atoms with Gasteiger partial charge in [0.05, 0.1) is 32.2 Å². The molecule has 0 spiro atoms. The van der Waals surface area contributed by atoms with Crippen LogP contribution in [0.3, 0.4) is 0 Å². The molecule has 0 radical (unpaired) electrons. The molecule has 2 aromatic carbocycles. The van der Waals surface area contributed by atoms with E-state index in [0.29, 0.717) is 24.5 Å². The van der Waals surface area contributed by atoms with Crippen molar-refractivity contribution in [2.75, 3.05) is 18.0 Å². The standard InChI is InChI=1S/C24H20BrN3O2S/c25-22-10-9-21(31-22)19-13-23(29)28(20-8-4-3-7-18(20)26-19)15-24(30)27-12-11-16-5-1-2-6-17(16)14-27/h1-10H,11-15H2. The molecule has 3 aromatic rings. The molecule has 5 nitrogen and oxygen atoms in total. The summed E-state index contributed by atoms with van der Waals surface area (Å²) in [5, 5.41) is 0. The van der Waals surface area contributed by atoms with E-state index in [0.717, 1.165) is 20.8 Å². The van der Waals surface area contributed by atoms with E-state index in [4.69, 9.17) is 4.99 Å². The largest absolute Gasteiger partial charge is 0.336 e. The number of hydrogen-bond donors (Lipinski definition) is 0. The summed E-state index contributed by atoms with van der Waals surface area (Å²) in [6.45, 7) is 1.28. The number of nitrogens with zero attached hydrogens (tertiary/aromatic N) is 3. The monoisotopic (exact) mass is 493 g/mol. The first kappa shape index (κ1) is 20.2. The molecule has 0 unspecified atom stereocenters. The van der Waals surface area contributed by atoms with Gasteiger partial charge in [0.2, 0.25) is 11.8 Å². The molecule has 0 bridgehead atoms. The molecule has 0 atom stereocenters. The molecule has 0 N–H and O–H groups in total. The zero-order chi connectivity index (χ0) is 21.4. The van der Waals surface area contributed by atoms with Crippen molar-refractivity contribution in [2.45, 2.75) is 19.4 Å². The van der Waals surface area contributed by atoms with Gasteiger partial charge in [-0.1, -0.05) is 36.4 Å². The van der Waals surface area contributed by atoms with E-state index in [1.807, 2.05) is 53.4 Å². The Labute approximate surface area is 193 Å². The highest BCUT2D eigenvalue weighted by Gasteiger charge is 2.29. The summed E-state index contributed by atoms with van der Waals surface area (Å²) in [7, 11) is 0. The Morgan fingerprint density at radius 2 is 1.81 bits per heavy atom. The van der Waals surface area contributed by atoms with E-state index in [1.165, 1.54) is 11.1 Å². The summed E-state index contributed by atoms with van der Waals surface area (Å²) in [5.41, 5.74) is 4.60. The van der Waals surface area contributed by atoms with Gasteiger partial charge in [0.1, 0.15) is 6.54 Å². The van der Waals surface area contributed by atoms with Crippen molar-refractivity contribution < 1.29 is 9.59 Å². The molecule has 2 aliphatic heterocycles. The van der Waals surface area contributed by atoms with Crippen LogP contribution >= 0.6 is 27.3 Å². The normalized spacial score (nSPS) is 15.8. The van der Waals surface area contributed by atoms with Crippen LogP contribution in [0, 0.1) is 0 Å². The minimum Gasteiger partial charge on any atom is -0.336 e. The second-order valence-corrected chi connectivity index (χ2v) is 10.1. The molecular formula is C24H20BrN3O2S. The Kier molecular flexibility index (Phi) is 5.46. The predicted octanol–water partition coefficient (Wildman–Crippen LogP) is 4.95.